The number of hydrogen-bond acceptors (Lipinski definition) is 4. The SMILES string of the molecule is CN(C(=O)CNC(=O)CN)C1CCN(Cc2ccccc2)C1. The standard InChI is InChI=1S/C16H24N4O2/c1-19(16(22)10-18-15(21)9-17)14-7-8-20(12-14)11-13-5-3-2-4-6-13/h2-6,14H,7-12,17H2,1H3,(H,18,21). The molecule has 22 heavy (non-hydrogen) atoms. The lowest BCUT2D eigenvalue weighted by molar-refractivity contribution is -0.133. The number of hydrogen-bond donors (Lipinski definition) is 2. The molecular formula is C16H24N4O2. The summed E-state index contributed by atoms with van der Waals surface area (Å²) in [5.74, 6) is -0.382. The van der Waals surface area contributed by atoms with Crippen molar-refractivity contribution < 1.29 is 9.59 Å². The van der Waals surface area contributed by atoms with Crippen LogP contribution in [0.2, 0.25) is 0 Å². The highest BCUT2D eigenvalue weighted by molar-refractivity contribution is 5.85. The summed E-state index contributed by atoms with van der Waals surface area (Å²) < 4.78 is 0. The second kappa shape index (κ2) is 7.91. The average Bonchev–Trinajstić information content (AvgIpc) is 3.00. The summed E-state index contributed by atoms with van der Waals surface area (Å²) in [7, 11) is 1.80. The van der Waals surface area contributed by atoms with Crippen molar-refractivity contribution in [2.24, 2.45) is 5.73 Å². The van der Waals surface area contributed by atoms with Gasteiger partial charge in [-0.3, -0.25) is 14.5 Å². The molecule has 6 heteroatoms. The van der Waals surface area contributed by atoms with Crippen LogP contribution in [-0.4, -0.2) is 60.9 Å². The van der Waals surface area contributed by atoms with Crippen LogP contribution in [0, 0.1) is 0 Å². The molecule has 1 heterocycles. The first kappa shape index (κ1) is 16.5. The maximum Gasteiger partial charge on any atom is 0.242 e. The molecule has 0 radical (unpaired) electrons. The van der Waals surface area contributed by atoms with E-state index in [0.29, 0.717) is 0 Å². The lowest BCUT2D eigenvalue weighted by Crippen LogP contribution is -2.45. The minimum absolute atomic E-state index is 0.0156. The Balaban J connectivity index is 1.79. The van der Waals surface area contributed by atoms with Crippen LogP contribution in [0.25, 0.3) is 0 Å². The summed E-state index contributed by atoms with van der Waals surface area (Å²) in [4.78, 5) is 27.3. The van der Waals surface area contributed by atoms with Crippen LogP contribution in [0.1, 0.15) is 12.0 Å². The van der Waals surface area contributed by atoms with E-state index in [0.717, 1.165) is 26.1 Å². The topological polar surface area (TPSA) is 78.7 Å². The van der Waals surface area contributed by atoms with Gasteiger partial charge in [0.15, 0.2) is 0 Å². The molecule has 1 aromatic carbocycles. The Kier molecular flexibility index (Phi) is 5.91. The van der Waals surface area contributed by atoms with Crippen molar-refractivity contribution in [3.8, 4) is 0 Å². The van der Waals surface area contributed by atoms with Crippen molar-refractivity contribution in [2.45, 2.75) is 19.0 Å². The van der Waals surface area contributed by atoms with Gasteiger partial charge in [-0.15, -0.1) is 0 Å². The van der Waals surface area contributed by atoms with Crippen LogP contribution in [0.15, 0.2) is 30.3 Å². The Bertz CT molecular complexity index is 506. The molecule has 0 spiro atoms. The number of likely N-dealkylation sites (N-methyl/N-ethyl adjacent to an activating group) is 1. The monoisotopic (exact) mass is 304 g/mol. The summed E-state index contributed by atoms with van der Waals surface area (Å²) in [5, 5.41) is 2.52. The van der Waals surface area contributed by atoms with E-state index >= 15 is 0 Å². The van der Waals surface area contributed by atoms with Crippen molar-refractivity contribution >= 4 is 11.8 Å². The van der Waals surface area contributed by atoms with E-state index < -0.39 is 0 Å². The predicted molar refractivity (Wildman–Crippen MR) is 85.0 cm³/mol. The van der Waals surface area contributed by atoms with E-state index in [1.165, 1.54) is 5.56 Å². The second-order valence-corrected chi connectivity index (χ2v) is 5.65. The Morgan fingerprint density at radius 3 is 2.77 bits per heavy atom. The fraction of sp³-hybridized carbons (Fsp3) is 0.500. The lowest BCUT2D eigenvalue weighted by Gasteiger charge is -2.25. The van der Waals surface area contributed by atoms with Gasteiger partial charge < -0.3 is 16.0 Å². The van der Waals surface area contributed by atoms with E-state index in [2.05, 4.69) is 22.3 Å². The Morgan fingerprint density at radius 2 is 2.09 bits per heavy atom. The Morgan fingerprint density at radius 1 is 1.36 bits per heavy atom. The van der Waals surface area contributed by atoms with Crippen LogP contribution >= 0.6 is 0 Å². The van der Waals surface area contributed by atoms with Gasteiger partial charge in [-0.1, -0.05) is 30.3 Å². The number of likely N-dealkylation sites (tertiary alicyclic amines) is 1. The molecule has 1 aliphatic heterocycles. The van der Waals surface area contributed by atoms with Gasteiger partial charge in [0.1, 0.15) is 0 Å². The predicted octanol–water partition coefficient (Wildman–Crippen LogP) is -0.206. The highest BCUT2D eigenvalue weighted by Crippen LogP contribution is 2.17. The normalized spacial score (nSPS) is 18.2. The molecule has 120 valence electrons. The molecule has 6 nitrogen and oxygen atoms in total. The summed E-state index contributed by atoms with van der Waals surface area (Å²) >= 11 is 0. The first-order chi connectivity index (χ1) is 10.6. The van der Waals surface area contributed by atoms with E-state index in [1.54, 1.807) is 11.9 Å². The molecule has 2 amide bonds. The van der Waals surface area contributed by atoms with Crippen molar-refractivity contribution in [1.29, 1.82) is 0 Å². The van der Waals surface area contributed by atoms with E-state index in [1.807, 2.05) is 18.2 Å². The molecule has 1 saturated heterocycles. The zero-order chi connectivity index (χ0) is 15.9. The number of nitrogens with two attached hydrogens (primary N) is 1. The van der Waals surface area contributed by atoms with Crippen LogP contribution in [-0.2, 0) is 16.1 Å². The molecule has 1 fully saturated rings. The molecular weight excluding hydrogens is 280 g/mol. The van der Waals surface area contributed by atoms with Gasteiger partial charge in [-0.25, -0.2) is 0 Å². The number of nitrogens with zero attached hydrogens (tertiary/aromatic N) is 2. The third-order valence-electron chi connectivity index (χ3n) is 4.06. The summed E-state index contributed by atoms with van der Waals surface area (Å²) in [6.07, 6.45) is 0.958. The largest absolute Gasteiger partial charge is 0.346 e. The van der Waals surface area contributed by atoms with E-state index in [9.17, 15) is 9.59 Å². The lowest BCUT2D eigenvalue weighted by atomic mass is 10.2. The van der Waals surface area contributed by atoms with Gasteiger partial charge in [0.05, 0.1) is 13.1 Å². The smallest absolute Gasteiger partial charge is 0.242 e. The molecule has 0 saturated carbocycles. The van der Waals surface area contributed by atoms with Crippen LogP contribution in [0.3, 0.4) is 0 Å². The number of amides is 2. The zero-order valence-corrected chi connectivity index (χ0v) is 13.0. The van der Waals surface area contributed by atoms with Gasteiger partial charge in [0, 0.05) is 32.7 Å². The maximum absolute atomic E-state index is 12.1. The molecule has 1 aliphatic rings. The van der Waals surface area contributed by atoms with Gasteiger partial charge in [0.2, 0.25) is 11.8 Å². The minimum Gasteiger partial charge on any atom is -0.346 e. The van der Waals surface area contributed by atoms with Crippen LogP contribution < -0.4 is 11.1 Å². The zero-order valence-electron chi connectivity index (χ0n) is 13.0. The molecule has 1 unspecified atom stereocenters. The molecule has 0 aliphatic carbocycles. The van der Waals surface area contributed by atoms with Gasteiger partial charge >= 0.3 is 0 Å². The quantitative estimate of drug-likeness (QED) is 0.762. The average molecular weight is 304 g/mol. The second-order valence-electron chi connectivity index (χ2n) is 5.65. The van der Waals surface area contributed by atoms with E-state index in [-0.39, 0.29) is 30.9 Å². The molecule has 1 atom stereocenters. The Hall–Kier alpha value is -1.92. The highest BCUT2D eigenvalue weighted by Gasteiger charge is 2.28. The number of carbonyl (C=O) groups is 2. The third kappa shape index (κ3) is 4.54. The minimum atomic E-state index is -0.307. The summed E-state index contributed by atoms with van der Waals surface area (Å²) in [5.41, 5.74) is 6.49. The number of benzene rings is 1. The van der Waals surface area contributed by atoms with Crippen molar-refractivity contribution in [1.82, 2.24) is 15.1 Å². The third-order valence-corrected chi connectivity index (χ3v) is 4.06. The molecule has 3 N–H and O–H groups in total. The van der Waals surface area contributed by atoms with Crippen molar-refractivity contribution in [2.75, 3.05) is 33.2 Å². The first-order valence-corrected chi connectivity index (χ1v) is 7.59. The fourth-order valence-corrected chi connectivity index (χ4v) is 2.69. The van der Waals surface area contributed by atoms with Gasteiger partial charge in [0.25, 0.3) is 0 Å². The number of rotatable bonds is 6. The molecule has 0 bridgehead atoms. The van der Waals surface area contributed by atoms with Gasteiger partial charge in [-0.2, -0.15) is 0 Å². The fourth-order valence-electron chi connectivity index (χ4n) is 2.69. The van der Waals surface area contributed by atoms with Crippen molar-refractivity contribution in [3.63, 3.8) is 0 Å². The van der Waals surface area contributed by atoms with Crippen LogP contribution in [0.5, 0.6) is 0 Å². The van der Waals surface area contributed by atoms with Crippen molar-refractivity contribution in [3.05, 3.63) is 35.9 Å². The molecule has 1 aromatic rings. The summed E-state index contributed by atoms with van der Waals surface area (Å²) in [6.45, 7) is 2.67. The van der Waals surface area contributed by atoms with Gasteiger partial charge in [-0.05, 0) is 12.0 Å². The number of carbonyl (C=O) groups excluding carboxylic acids is 2. The van der Waals surface area contributed by atoms with E-state index in [4.69, 9.17) is 5.73 Å². The molecule has 2 rings (SSSR count). The summed E-state index contributed by atoms with van der Waals surface area (Å²) in [6, 6.07) is 10.5. The highest BCUT2D eigenvalue weighted by atomic mass is 16.2. The Labute approximate surface area is 131 Å². The molecule has 0 aromatic heterocycles. The number of nitrogens with one attached hydrogen (secondary N) is 1. The first-order valence-electron chi connectivity index (χ1n) is 7.59. The van der Waals surface area contributed by atoms with Crippen LogP contribution in [0.4, 0.5) is 0 Å². The maximum atomic E-state index is 12.1.